The lowest BCUT2D eigenvalue weighted by atomic mass is 9.78. The second-order valence-electron chi connectivity index (χ2n) is 6.88. The van der Waals surface area contributed by atoms with Crippen molar-refractivity contribution in [3.63, 3.8) is 0 Å². The molecule has 2 aromatic heterocycles. The number of hydrogen-bond donors (Lipinski definition) is 0. The number of furan rings is 1. The Kier molecular flexibility index (Phi) is 4.49. The van der Waals surface area contributed by atoms with Crippen LogP contribution in [0.1, 0.15) is 18.6 Å². The molecule has 0 aromatic carbocycles. The van der Waals surface area contributed by atoms with Gasteiger partial charge in [0.05, 0.1) is 26.0 Å². The maximum Gasteiger partial charge on any atom is 0.225 e. The molecule has 6 heteroatoms. The van der Waals surface area contributed by atoms with Crippen molar-refractivity contribution in [3.8, 4) is 0 Å². The van der Waals surface area contributed by atoms with Gasteiger partial charge in [0.2, 0.25) is 5.95 Å². The minimum atomic E-state index is 0.204. The molecule has 4 heterocycles. The third kappa shape index (κ3) is 3.44. The number of aromatic nitrogens is 2. The van der Waals surface area contributed by atoms with E-state index in [1.165, 1.54) is 0 Å². The number of rotatable bonds is 3. The Morgan fingerprint density at radius 3 is 2.67 bits per heavy atom. The van der Waals surface area contributed by atoms with Gasteiger partial charge in [-0.2, -0.15) is 0 Å². The molecule has 2 aliphatic heterocycles. The Bertz CT molecular complexity index is 624. The van der Waals surface area contributed by atoms with Gasteiger partial charge >= 0.3 is 0 Å². The number of nitrogens with zero attached hydrogens (tertiary/aromatic N) is 4. The molecule has 1 spiro atoms. The summed E-state index contributed by atoms with van der Waals surface area (Å²) in [6.45, 7) is 6.48. The average molecular weight is 328 g/mol. The van der Waals surface area contributed by atoms with E-state index in [0.717, 1.165) is 70.5 Å². The van der Waals surface area contributed by atoms with Gasteiger partial charge in [0, 0.05) is 30.9 Å². The van der Waals surface area contributed by atoms with Crippen LogP contribution in [0.5, 0.6) is 0 Å². The van der Waals surface area contributed by atoms with Crippen molar-refractivity contribution in [2.45, 2.75) is 19.4 Å². The van der Waals surface area contributed by atoms with Gasteiger partial charge in [0.1, 0.15) is 5.76 Å². The summed E-state index contributed by atoms with van der Waals surface area (Å²) in [5.74, 6) is 1.86. The standard InChI is InChI=1S/C18H24N4O2/c1-3-16(24-11-1)13-21-8-4-18(5-9-21)14-22(10-12-23-15-18)17-19-6-2-7-20-17/h1-3,6-7,11H,4-5,8-10,12-15H2. The smallest absolute Gasteiger partial charge is 0.225 e. The Hall–Kier alpha value is -1.92. The number of hydrogen-bond acceptors (Lipinski definition) is 6. The van der Waals surface area contributed by atoms with Crippen LogP contribution in [0.2, 0.25) is 0 Å². The van der Waals surface area contributed by atoms with Crippen molar-refractivity contribution in [3.05, 3.63) is 42.6 Å². The number of likely N-dealkylation sites (tertiary alicyclic amines) is 1. The van der Waals surface area contributed by atoms with Crippen LogP contribution < -0.4 is 4.90 Å². The van der Waals surface area contributed by atoms with Crippen molar-refractivity contribution < 1.29 is 9.15 Å². The molecule has 0 N–H and O–H groups in total. The minimum absolute atomic E-state index is 0.204. The van der Waals surface area contributed by atoms with Gasteiger partial charge < -0.3 is 14.1 Å². The summed E-state index contributed by atoms with van der Waals surface area (Å²) in [6.07, 6.45) is 7.64. The highest BCUT2D eigenvalue weighted by Gasteiger charge is 2.38. The zero-order chi connectivity index (χ0) is 16.2. The summed E-state index contributed by atoms with van der Waals surface area (Å²) in [4.78, 5) is 13.6. The summed E-state index contributed by atoms with van der Waals surface area (Å²) in [7, 11) is 0. The molecule has 0 radical (unpaired) electrons. The maximum atomic E-state index is 5.95. The van der Waals surface area contributed by atoms with E-state index in [-0.39, 0.29) is 5.41 Å². The third-order valence-corrected chi connectivity index (χ3v) is 5.15. The fourth-order valence-electron chi connectivity index (χ4n) is 3.73. The van der Waals surface area contributed by atoms with Crippen LogP contribution in [-0.2, 0) is 11.3 Å². The lowest BCUT2D eigenvalue weighted by Crippen LogP contribution is -2.47. The molecular weight excluding hydrogens is 304 g/mol. The van der Waals surface area contributed by atoms with Gasteiger partial charge in [-0.15, -0.1) is 0 Å². The summed E-state index contributed by atoms with van der Waals surface area (Å²) >= 11 is 0. The van der Waals surface area contributed by atoms with E-state index in [1.54, 1.807) is 6.26 Å². The Morgan fingerprint density at radius 2 is 1.92 bits per heavy atom. The van der Waals surface area contributed by atoms with E-state index in [9.17, 15) is 0 Å². The van der Waals surface area contributed by atoms with E-state index in [0.29, 0.717) is 0 Å². The SMILES string of the molecule is c1cnc(N2CCOCC3(CCN(Cc4ccco4)CC3)C2)nc1. The second kappa shape index (κ2) is 6.91. The second-order valence-corrected chi connectivity index (χ2v) is 6.88. The van der Waals surface area contributed by atoms with Crippen LogP contribution in [-0.4, -0.2) is 54.3 Å². The molecule has 0 aliphatic carbocycles. The molecule has 2 fully saturated rings. The van der Waals surface area contributed by atoms with Gasteiger partial charge in [0.25, 0.3) is 0 Å². The molecule has 128 valence electrons. The fraction of sp³-hybridized carbons (Fsp3) is 0.556. The quantitative estimate of drug-likeness (QED) is 0.861. The molecule has 0 unspecified atom stereocenters. The molecule has 0 bridgehead atoms. The largest absolute Gasteiger partial charge is 0.468 e. The molecule has 2 saturated heterocycles. The summed E-state index contributed by atoms with van der Waals surface area (Å²) < 4.78 is 11.4. The van der Waals surface area contributed by atoms with Gasteiger partial charge in [0.15, 0.2) is 0 Å². The highest BCUT2D eigenvalue weighted by atomic mass is 16.5. The summed E-state index contributed by atoms with van der Waals surface area (Å²) in [5.41, 5.74) is 0.204. The zero-order valence-corrected chi connectivity index (χ0v) is 13.9. The van der Waals surface area contributed by atoms with Crippen LogP contribution in [0, 0.1) is 5.41 Å². The average Bonchev–Trinajstić information content (AvgIpc) is 3.05. The predicted octanol–water partition coefficient (Wildman–Crippen LogP) is 2.19. The van der Waals surface area contributed by atoms with E-state index >= 15 is 0 Å². The fourth-order valence-corrected chi connectivity index (χ4v) is 3.73. The monoisotopic (exact) mass is 328 g/mol. The molecule has 0 amide bonds. The highest BCUT2D eigenvalue weighted by Crippen LogP contribution is 2.35. The van der Waals surface area contributed by atoms with Crippen LogP contribution in [0.15, 0.2) is 41.3 Å². The third-order valence-electron chi connectivity index (χ3n) is 5.15. The van der Waals surface area contributed by atoms with Crippen molar-refractivity contribution in [2.75, 3.05) is 44.3 Å². The van der Waals surface area contributed by atoms with Gasteiger partial charge in [-0.05, 0) is 44.1 Å². The first-order valence-corrected chi connectivity index (χ1v) is 8.68. The summed E-state index contributed by atoms with van der Waals surface area (Å²) in [5, 5.41) is 0. The van der Waals surface area contributed by atoms with Crippen molar-refractivity contribution in [1.82, 2.24) is 14.9 Å². The van der Waals surface area contributed by atoms with Gasteiger partial charge in [-0.25, -0.2) is 9.97 Å². The number of ether oxygens (including phenoxy) is 1. The predicted molar refractivity (Wildman–Crippen MR) is 90.7 cm³/mol. The van der Waals surface area contributed by atoms with Crippen molar-refractivity contribution in [1.29, 1.82) is 0 Å². The lowest BCUT2D eigenvalue weighted by Gasteiger charge is -2.42. The first-order chi connectivity index (χ1) is 11.8. The van der Waals surface area contributed by atoms with E-state index in [2.05, 4.69) is 19.8 Å². The Balaban J connectivity index is 1.41. The minimum Gasteiger partial charge on any atom is -0.468 e. The molecule has 0 atom stereocenters. The molecule has 2 aliphatic rings. The summed E-state index contributed by atoms with van der Waals surface area (Å²) in [6, 6.07) is 5.87. The van der Waals surface area contributed by atoms with Gasteiger partial charge in [-0.3, -0.25) is 4.90 Å². The first kappa shape index (κ1) is 15.6. The molecule has 6 nitrogen and oxygen atoms in total. The van der Waals surface area contributed by atoms with Gasteiger partial charge in [-0.1, -0.05) is 0 Å². The number of piperidine rings is 1. The molecule has 4 rings (SSSR count). The van der Waals surface area contributed by atoms with Crippen LogP contribution in [0.3, 0.4) is 0 Å². The first-order valence-electron chi connectivity index (χ1n) is 8.68. The van der Waals surface area contributed by atoms with E-state index < -0.39 is 0 Å². The van der Waals surface area contributed by atoms with Crippen LogP contribution in [0.4, 0.5) is 5.95 Å². The Morgan fingerprint density at radius 1 is 1.08 bits per heavy atom. The Labute approximate surface area is 142 Å². The molecule has 2 aromatic rings. The normalized spacial score (nSPS) is 21.8. The highest BCUT2D eigenvalue weighted by molar-refractivity contribution is 5.29. The van der Waals surface area contributed by atoms with Crippen LogP contribution in [0.25, 0.3) is 0 Å². The molecular formula is C18H24N4O2. The van der Waals surface area contributed by atoms with Crippen LogP contribution >= 0.6 is 0 Å². The number of anilines is 1. The van der Waals surface area contributed by atoms with Crippen molar-refractivity contribution in [2.24, 2.45) is 5.41 Å². The van der Waals surface area contributed by atoms with E-state index in [4.69, 9.17) is 9.15 Å². The van der Waals surface area contributed by atoms with Crippen molar-refractivity contribution >= 4 is 5.95 Å². The van der Waals surface area contributed by atoms with E-state index in [1.807, 2.05) is 30.6 Å². The maximum absolute atomic E-state index is 5.95. The zero-order valence-electron chi connectivity index (χ0n) is 13.9. The molecule has 0 saturated carbocycles. The lowest BCUT2D eigenvalue weighted by molar-refractivity contribution is 0.0187. The molecule has 24 heavy (non-hydrogen) atoms. The topological polar surface area (TPSA) is 54.6 Å².